The maximum atomic E-state index is 14.3. The number of hydrogen-bond donors (Lipinski definition) is 0. The second-order valence-corrected chi connectivity index (χ2v) is 5.89. The maximum Gasteiger partial charge on any atom is 0.155 e. The Hall–Kier alpha value is -2.79. The van der Waals surface area contributed by atoms with Crippen molar-refractivity contribution in [2.24, 2.45) is 0 Å². The van der Waals surface area contributed by atoms with Crippen molar-refractivity contribution in [3.05, 3.63) is 71.5 Å². The highest BCUT2D eigenvalue weighted by molar-refractivity contribution is 6.30. The van der Waals surface area contributed by atoms with Crippen molar-refractivity contribution in [1.29, 1.82) is 0 Å². The molecule has 0 radical (unpaired) electrons. The summed E-state index contributed by atoms with van der Waals surface area (Å²) in [4.78, 5) is 8.57. The van der Waals surface area contributed by atoms with E-state index < -0.39 is 0 Å². The number of nitrogens with zero attached hydrogens (tertiary/aromatic N) is 4. The summed E-state index contributed by atoms with van der Waals surface area (Å²) in [6.45, 7) is 1.98. The second-order valence-electron chi connectivity index (χ2n) is 5.46. The van der Waals surface area contributed by atoms with Crippen LogP contribution >= 0.6 is 11.6 Å². The van der Waals surface area contributed by atoms with Crippen molar-refractivity contribution in [3.8, 4) is 22.4 Å². The molecule has 0 aliphatic carbocycles. The van der Waals surface area contributed by atoms with E-state index in [0.717, 1.165) is 22.3 Å². The molecule has 0 fully saturated rings. The molecule has 0 saturated carbocycles. The zero-order chi connectivity index (χ0) is 16.7. The van der Waals surface area contributed by atoms with Crippen LogP contribution in [0.15, 0.2) is 55.1 Å². The van der Waals surface area contributed by atoms with E-state index in [4.69, 9.17) is 11.6 Å². The van der Waals surface area contributed by atoms with E-state index in [1.54, 1.807) is 16.8 Å². The van der Waals surface area contributed by atoms with Gasteiger partial charge in [-0.2, -0.15) is 5.10 Å². The van der Waals surface area contributed by atoms with Crippen molar-refractivity contribution in [2.75, 3.05) is 0 Å². The van der Waals surface area contributed by atoms with Crippen molar-refractivity contribution in [1.82, 2.24) is 19.6 Å². The Kier molecular flexibility index (Phi) is 3.50. The summed E-state index contributed by atoms with van der Waals surface area (Å²) in [6, 6.07) is 10.1. The number of hydrogen-bond acceptors (Lipinski definition) is 3. The Morgan fingerprint density at radius 2 is 1.92 bits per heavy atom. The molecule has 0 amide bonds. The molecule has 0 atom stereocenters. The van der Waals surface area contributed by atoms with Gasteiger partial charge in [-0.05, 0) is 42.8 Å². The van der Waals surface area contributed by atoms with Crippen molar-refractivity contribution in [2.45, 2.75) is 6.92 Å². The van der Waals surface area contributed by atoms with Crippen LogP contribution in [0.3, 0.4) is 0 Å². The Labute approximate surface area is 142 Å². The third-order valence-corrected chi connectivity index (χ3v) is 4.14. The van der Waals surface area contributed by atoms with Gasteiger partial charge in [-0.3, -0.25) is 4.98 Å². The Morgan fingerprint density at radius 3 is 2.79 bits per heavy atom. The number of halogens is 2. The van der Waals surface area contributed by atoms with E-state index in [1.165, 1.54) is 18.5 Å². The summed E-state index contributed by atoms with van der Waals surface area (Å²) in [5, 5.41) is 4.63. The highest BCUT2D eigenvalue weighted by Gasteiger charge is 2.15. The highest BCUT2D eigenvalue weighted by atomic mass is 35.5. The first-order valence-corrected chi connectivity index (χ1v) is 7.72. The number of pyridine rings is 2. The van der Waals surface area contributed by atoms with Gasteiger partial charge >= 0.3 is 0 Å². The van der Waals surface area contributed by atoms with Crippen molar-refractivity contribution >= 4 is 17.2 Å². The van der Waals surface area contributed by atoms with E-state index >= 15 is 0 Å². The topological polar surface area (TPSA) is 43.1 Å². The normalized spacial score (nSPS) is 11.1. The molecular formula is C18H12ClFN4. The lowest BCUT2D eigenvalue weighted by Crippen LogP contribution is -1.96. The molecule has 118 valence electrons. The average molecular weight is 339 g/mol. The van der Waals surface area contributed by atoms with Gasteiger partial charge in [0.2, 0.25) is 0 Å². The lowest BCUT2D eigenvalue weighted by molar-refractivity contribution is 0.631. The predicted molar refractivity (Wildman–Crippen MR) is 91.4 cm³/mol. The van der Waals surface area contributed by atoms with Crippen LogP contribution in [-0.2, 0) is 0 Å². The van der Waals surface area contributed by atoms with Gasteiger partial charge in [-0.15, -0.1) is 0 Å². The van der Waals surface area contributed by atoms with E-state index in [0.29, 0.717) is 16.3 Å². The average Bonchev–Trinajstić information content (AvgIpc) is 3.03. The number of aryl methyl sites for hydroxylation is 1. The van der Waals surface area contributed by atoms with Crippen LogP contribution in [0.4, 0.5) is 4.39 Å². The molecule has 0 N–H and O–H groups in total. The molecular weight excluding hydrogens is 327 g/mol. The fourth-order valence-corrected chi connectivity index (χ4v) is 2.93. The molecule has 24 heavy (non-hydrogen) atoms. The van der Waals surface area contributed by atoms with E-state index in [-0.39, 0.29) is 5.82 Å². The van der Waals surface area contributed by atoms with Crippen LogP contribution in [0.5, 0.6) is 0 Å². The van der Waals surface area contributed by atoms with E-state index in [2.05, 4.69) is 15.1 Å². The van der Waals surface area contributed by atoms with Crippen LogP contribution < -0.4 is 0 Å². The summed E-state index contributed by atoms with van der Waals surface area (Å²) >= 11 is 6.04. The molecule has 0 unspecified atom stereocenters. The predicted octanol–water partition coefficient (Wildman–Crippen LogP) is 4.56. The van der Waals surface area contributed by atoms with Crippen LogP contribution in [0.1, 0.15) is 5.56 Å². The molecule has 4 aromatic rings. The summed E-state index contributed by atoms with van der Waals surface area (Å²) in [7, 11) is 0. The summed E-state index contributed by atoms with van der Waals surface area (Å²) in [6.07, 6.45) is 5.02. The first-order valence-electron chi connectivity index (χ1n) is 7.34. The fraction of sp³-hybridized carbons (Fsp3) is 0.0556. The van der Waals surface area contributed by atoms with E-state index in [1.807, 2.05) is 31.3 Å². The molecule has 6 heteroatoms. The van der Waals surface area contributed by atoms with E-state index in [9.17, 15) is 4.39 Å². The Balaban J connectivity index is 1.99. The lowest BCUT2D eigenvalue weighted by Gasteiger charge is -2.12. The second kappa shape index (κ2) is 5.69. The molecule has 4 rings (SSSR count). The Morgan fingerprint density at radius 1 is 1.04 bits per heavy atom. The van der Waals surface area contributed by atoms with Gasteiger partial charge in [-0.1, -0.05) is 17.7 Å². The van der Waals surface area contributed by atoms with Crippen molar-refractivity contribution in [3.63, 3.8) is 0 Å². The van der Waals surface area contributed by atoms with Gasteiger partial charge in [0.05, 0.1) is 5.69 Å². The minimum atomic E-state index is -0.362. The zero-order valence-corrected chi connectivity index (χ0v) is 13.5. The van der Waals surface area contributed by atoms with Crippen LogP contribution in [0.2, 0.25) is 5.02 Å². The Bertz CT molecular complexity index is 1060. The molecule has 3 heterocycles. The summed E-state index contributed by atoms with van der Waals surface area (Å²) in [5.74, 6) is -0.362. The van der Waals surface area contributed by atoms with Gasteiger partial charge in [0, 0.05) is 34.1 Å². The number of rotatable bonds is 2. The molecule has 0 saturated heterocycles. The molecule has 0 aliphatic rings. The largest absolute Gasteiger partial charge is 0.255 e. The number of fused-ring (bicyclic) bond motifs is 1. The fourth-order valence-electron chi connectivity index (χ4n) is 2.76. The van der Waals surface area contributed by atoms with Crippen LogP contribution in [-0.4, -0.2) is 19.6 Å². The molecule has 4 nitrogen and oxygen atoms in total. The third kappa shape index (κ3) is 2.43. The minimum absolute atomic E-state index is 0.362. The maximum absolute atomic E-state index is 14.3. The summed E-state index contributed by atoms with van der Waals surface area (Å²) in [5.41, 5.74) is 4.41. The van der Waals surface area contributed by atoms with Crippen LogP contribution in [0, 0.1) is 12.7 Å². The standard InChI is InChI=1S/C18H12ClFN4/c1-11-7-17-22-10-23-24(17)9-15(11)13-3-2-6-21-18(13)14-8-12(19)4-5-16(14)20/h2-10H,1H3. The third-order valence-electron chi connectivity index (χ3n) is 3.90. The highest BCUT2D eigenvalue weighted by Crippen LogP contribution is 2.34. The smallest absolute Gasteiger partial charge is 0.155 e. The lowest BCUT2D eigenvalue weighted by atomic mass is 9.97. The van der Waals surface area contributed by atoms with Crippen LogP contribution in [0.25, 0.3) is 28.0 Å². The van der Waals surface area contributed by atoms with Gasteiger partial charge in [0.25, 0.3) is 0 Å². The first-order chi connectivity index (χ1) is 11.6. The SMILES string of the molecule is Cc1cc2ncnn2cc1-c1cccnc1-c1cc(Cl)ccc1F. The van der Waals surface area contributed by atoms with Gasteiger partial charge in [-0.25, -0.2) is 13.9 Å². The quantitative estimate of drug-likeness (QED) is 0.538. The molecule has 0 spiro atoms. The molecule has 3 aromatic heterocycles. The molecule has 1 aromatic carbocycles. The summed E-state index contributed by atoms with van der Waals surface area (Å²) < 4.78 is 16.0. The monoisotopic (exact) mass is 338 g/mol. The van der Waals surface area contributed by atoms with Crippen molar-refractivity contribution < 1.29 is 4.39 Å². The first kappa shape index (κ1) is 14.8. The number of aromatic nitrogens is 4. The minimum Gasteiger partial charge on any atom is -0.255 e. The van der Waals surface area contributed by atoms with Gasteiger partial charge in [0.15, 0.2) is 5.65 Å². The molecule has 0 aliphatic heterocycles. The number of benzene rings is 1. The van der Waals surface area contributed by atoms with Gasteiger partial charge < -0.3 is 0 Å². The zero-order valence-electron chi connectivity index (χ0n) is 12.7. The molecule has 0 bridgehead atoms. The van der Waals surface area contributed by atoms with Gasteiger partial charge in [0.1, 0.15) is 12.1 Å².